The summed E-state index contributed by atoms with van der Waals surface area (Å²) >= 11 is 1.24. The molecule has 0 radical (unpaired) electrons. The molecule has 172 valence electrons. The van der Waals surface area contributed by atoms with Gasteiger partial charge in [0, 0.05) is 24.2 Å². The van der Waals surface area contributed by atoms with Crippen LogP contribution in [0, 0.1) is 0 Å². The third-order valence-corrected chi connectivity index (χ3v) is 6.06. The number of aliphatic imine (C=N–C) groups is 1. The van der Waals surface area contributed by atoms with Crippen molar-refractivity contribution in [2.75, 3.05) is 18.5 Å². The van der Waals surface area contributed by atoms with E-state index in [2.05, 4.69) is 10.3 Å². The molecule has 1 atom stereocenters. The van der Waals surface area contributed by atoms with Crippen LogP contribution >= 0.6 is 11.8 Å². The van der Waals surface area contributed by atoms with Crippen LogP contribution in [0.15, 0.2) is 53.5 Å². The Bertz CT molecular complexity index is 1080. The highest BCUT2D eigenvalue weighted by atomic mass is 32.2. The first-order valence-corrected chi connectivity index (χ1v) is 11.4. The molecule has 1 unspecified atom stereocenters. The lowest BCUT2D eigenvalue weighted by Crippen LogP contribution is -2.33. The van der Waals surface area contributed by atoms with Gasteiger partial charge in [-0.15, -0.1) is 0 Å². The molecule has 1 aliphatic heterocycles. The van der Waals surface area contributed by atoms with Gasteiger partial charge in [0.2, 0.25) is 11.8 Å². The predicted molar refractivity (Wildman–Crippen MR) is 128 cm³/mol. The van der Waals surface area contributed by atoms with Gasteiger partial charge in [-0.2, -0.15) is 0 Å². The minimum atomic E-state index is -0.584. The summed E-state index contributed by atoms with van der Waals surface area (Å²) in [6.45, 7) is 5.79. The van der Waals surface area contributed by atoms with Crippen LogP contribution in [0.25, 0.3) is 0 Å². The van der Waals surface area contributed by atoms with Crippen molar-refractivity contribution in [3.05, 3.63) is 59.7 Å². The van der Waals surface area contributed by atoms with Crippen LogP contribution in [-0.2, 0) is 14.3 Å². The SMILES string of the molecule is CCOC(=O)c1ccc(NC(=O)CC2SC(=Nc3ccc(C(C)=O)cc3)N(CC)C2=O)cc1. The Morgan fingerprint density at radius 2 is 1.67 bits per heavy atom. The fourth-order valence-corrected chi connectivity index (χ4v) is 4.40. The lowest BCUT2D eigenvalue weighted by Gasteiger charge is -2.13. The molecular weight excluding hydrogens is 442 g/mol. The number of amidine groups is 1. The lowest BCUT2D eigenvalue weighted by atomic mass is 10.1. The summed E-state index contributed by atoms with van der Waals surface area (Å²) in [7, 11) is 0. The Morgan fingerprint density at radius 3 is 2.24 bits per heavy atom. The smallest absolute Gasteiger partial charge is 0.338 e. The number of ketones is 1. The van der Waals surface area contributed by atoms with E-state index in [0.717, 1.165) is 0 Å². The average molecular weight is 468 g/mol. The molecule has 1 heterocycles. The molecule has 0 aromatic heterocycles. The van der Waals surface area contributed by atoms with Crippen LogP contribution in [0.3, 0.4) is 0 Å². The zero-order chi connectivity index (χ0) is 24.0. The number of rotatable bonds is 8. The summed E-state index contributed by atoms with van der Waals surface area (Å²) in [4.78, 5) is 54.6. The fourth-order valence-electron chi connectivity index (χ4n) is 3.18. The van der Waals surface area contributed by atoms with Crippen molar-refractivity contribution in [3.63, 3.8) is 0 Å². The molecular formula is C24H25N3O5S. The zero-order valence-electron chi connectivity index (χ0n) is 18.7. The number of nitrogens with one attached hydrogen (secondary N) is 1. The summed E-state index contributed by atoms with van der Waals surface area (Å²) < 4.78 is 4.94. The van der Waals surface area contributed by atoms with Gasteiger partial charge in [0.1, 0.15) is 5.25 Å². The molecule has 1 N–H and O–H groups in total. The van der Waals surface area contributed by atoms with Crippen LogP contribution < -0.4 is 5.32 Å². The number of hydrogen-bond acceptors (Lipinski definition) is 7. The summed E-state index contributed by atoms with van der Waals surface area (Å²) in [5, 5.41) is 2.69. The quantitative estimate of drug-likeness (QED) is 0.464. The Balaban J connectivity index is 1.64. The molecule has 2 amide bonds. The van der Waals surface area contributed by atoms with Crippen molar-refractivity contribution in [2.24, 2.45) is 4.99 Å². The number of esters is 1. The van der Waals surface area contributed by atoms with E-state index in [1.54, 1.807) is 60.4 Å². The van der Waals surface area contributed by atoms with Crippen molar-refractivity contribution in [3.8, 4) is 0 Å². The number of carbonyl (C=O) groups excluding carboxylic acids is 4. The maximum Gasteiger partial charge on any atom is 0.338 e. The number of ether oxygens (including phenoxy) is 1. The average Bonchev–Trinajstić information content (AvgIpc) is 3.08. The Kier molecular flexibility index (Phi) is 8.00. The van der Waals surface area contributed by atoms with E-state index < -0.39 is 11.2 Å². The predicted octanol–water partition coefficient (Wildman–Crippen LogP) is 4.05. The molecule has 0 spiro atoms. The van der Waals surface area contributed by atoms with Crippen molar-refractivity contribution < 1.29 is 23.9 Å². The van der Waals surface area contributed by atoms with Crippen LogP contribution in [0.4, 0.5) is 11.4 Å². The molecule has 0 aliphatic carbocycles. The van der Waals surface area contributed by atoms with Gasteiger partial charge in [0.15, 0.2) is 11.0 Å². The van der Waals surface area contributed by atoms with Gasteiger partial charge in [0.25, 0.3) is 0 Å². The summed E-state index contributed by atoms with van der Waals surface area (Å²) in [5.74, 6) is -0.940. The van der Waals surface area contributed by atoms with E-state index in [1.807, 2.05) is 6.92 Å². The third-order valence-electron chi connectivity index (χ3n) is 4.89. The number of carbonyl (C=O) groups is 4. The van der Waals surface area contributed by atoms with E-state index in [1.165, 1.54) is 18.7 Å². The molecule has 8 nitrogen and oxygen atoms in total. The largest absolute Gasteiger partial charge is 0.462 e. The normalized spacial score (nSPS) is 16.7. The minimum absolute atomic E-state index is 0.0120. The number of anilines is 1. The van der Waals surface area contributed by atoms with E-state index in [0.29, 0.717) is 34.2 Å². The second-order valence-corrected chi connectivity index (χ2v) is 8.41. The van der Waals surface area contributed by atoms with Crippen molar-refractivity contribution >= 4 is 51.9 Å². The monoisotopic (exact) mass is 467 g/mol. The first-order chi connectivity index (χ1) is 15.8. The molecule has 1 saturated heterocycles. The number of nitrogens with zero attached hydrogens (tertiary/aromatic N) is 2. The molecule has 0 bridgehead atoms. The van der Waals surface area contributed by atoms with E-state index in [9.17, 15) is 19.2 Å². The highest BCUT2D eigenvalue weighted by Gasteiger charge is 2.38. The Morgan fingerprint density at radius 1 is 1.03 bits per heavy atom. The third kappa shape index (κ3) is 6.07. The molecule has 1 fully saturated rings. The second kappa shape index (κ2) is 10.9. The summed E-state index contributed by atoms with van der Waals surface area (Å²) in [6.07, 6.45) is -0.0120. The number of amides is 2. The number of thioether (sulfide) groups is 1. The van der Waals surface area contributed by atoms with E-state index in [4.69, 9.17) is 4.74 Å². The molecule has 33 heavy (non-hydrogen) atoms. The van der Waals surface area contributed by atoms with Crippen molar-refractivity contribution in [2.45, 2.75) is 32.4 Å². The first kappa shape index (κ1) is 24.2. The zero-order valence-corrected chi connectivity index (χ0v) is 19.5. The number of hydrogen-bond donors (Lipinski definition) is 1. The highest BCUT2D eigenvalue weighted by Crippen LogP contribution is 2.31. The number of benzene rings is 2. The number of Topliss-reactive ketones (excluding diaryl/α,β-unsaturated/α-hetero) is 1. The molecule has 1 aliphatic rings. The second-order valence-electron chi connectivity index (χ2n) is 7.24. The van der Waals surface area contributed by atoms with Gasteiger partial charge in [-0.05, 0) is 69.3 Å². The van der Waals surface area contributed by atoms with E-state index >= 15 is 0 Å². The standard InChI is InChI=1S/C24H25N3O5S/c1-4-27-22(30)20(33-24(27)26-19-10-6-16(7-11-19)15(3)28)14-21(29)25-18-12-8-17(9-13-18)23(31)32-5-2/h6-13,20H,4-5,14H2,1-3H3,(H,25,29). The Hall–Kier alpha value is -3.46. The molecule has 2 aromatic carbocycles. The van der Waals surface area contributed by atoms with Gasteiger partial charge >= 0.3 is 5.97 Å². The van der Waals surface area contributed by atoms with Gasteiger partial charge < -0.3 is 10.1 Å². The molecule has 2 aromatic rings. The van der Waals surface area contributed by atoms with Gasteiger partial charge in [-0.1, -0.05) is 11.8 Å². The maximum atomic E-state index is 12.8. The van der Waals surface area contributed by atoms with Gasteiger partial charge in [-0.3, -0.25) is 19.3 Å². The molecule has 9 heteroatoms. The van der Waals surface area contributed by atoms with Crippen LogP contribution in [0.5, 0.6) is 0 Å². The Labute approximate surface area is 196 Å². The topological polar surface area (TPSA) is 105 Å². The maximum absolute atomic E-state index is 12.8. The van der Waals surface area contributed by atoms with Crippen molar-refractivity contribution in [1.29, 1.82) is 0 Å². The van der Waals surface area contributed by atoms with Crippen LogP contribution in [-0.4, -0.2) is 52.0 Å². The summed E-state index contributed by atoms with van der Waals surface area (Å²) in [5.41, 5.74) is 2.13. The summed E-state index contributed by atoms with van der Waals surface area (Å²) in [6, 6.07) is 13.2. The van der Waals surface area contributed by atoms with Gasteiger partial charge in [0.05, 0.1) is 17.9 Å². The lowest BCUT2D eigenvalue weighted by molar-refractivity contribution is -0.128. The van der Waals surface area contributed by atoms with Crippen LogP contribution in [0.2, 0.25) is 0 Å². The molecule has 3 rings (SSSR count). The van der Waals surface area contributed by atoms with E-state index in [-0.39, 0.29) is 30.6 Å². The van der Waals surface area contributed by atoms with Crippen molar-refractivity contribution in [1.82, 2.24) is 4.90 Å². The molecule has 0 saturated carbocycles. The first-order valence-electron chi connectivity index (χ1n) is 10.6. The minimum Gasteiger partial charge on any atom is -0.462 e. The van der Waals surface area contributed by atoms with Crippen LogP contribution in [0.1, 0.15) is 47.9 Å². The van der Waals surface area contributed by atoms with Gasteiger partial charge in [-0.25, -0.2) is 9.79 Å². The highest BCUT2D eigenvalue weighted by molar-refractivity contribution is 8.15. The fraction of sp³-hybridized carbons (Fsp3) is 0.292.